The Morgan fingerprint density at radius 2 is 1.96 bits per heavy atom. The third-order valence-electron chi connectivity index (χ3n) is 5.61. The van der Waals surface area contributed by atoms with E-state index < -0.39 is 0 Å². The Bertz CT molecular complexity index is 567. The molecule has 134 valence electrons. The van der Waals surface area contributed by atoms with Crippen molar-refractivity contribution in [2.45, 2.75) is 40.0 Å². The molecular formula is C20H32N2O2. The molecule has 3 aliphatic rings. The molecule has 3 aliphatic heterocycles. The fourth-order valence-corrected chi connectivity index (χ4v) is 4.32. The average Bonchev–Trinajstić information content (AvgIpc) is 2.82. The molecule has 1 saturated heterocycles. The third-order valence-corrected chi connectivity index (χ3v) is 5.61. The van der Waals surface area contributed by atoms with Crippen molar-refractivity contribution in [1.29, 1.82) is 0 Å². The SMILES string of the molecule is C.Cc1c2c(cc3c1N(CC1CCOCC1)CCO3)CCNCC2. The smallest absolute Gasteiger partial charge is 0.143 e. The van der Waals surface area contributed by atoms with Crippen LogP contribution in [0.15, 0.2) is 6.07 Å². The maximum Gasteiger partial charge on any atom is 0.143 e. The first kappa shape index (κ1) is 17.6. The summed E-state index contributed by atoms with van der Waals surface area (Å²) in [6.07, 6.45) is 4.65. The first-order valence-electron chi connectivity index (χ1n) is 9.14. The van der Waals surface area contributed by atoms with Crippen LogP contribution in [-0.2, 0) is 17.6 Å². The Kier molecular flexibility index (Phi) is 5.67. The number of hydrogen-bond donors (Lipinski definition) is 1. The van der Waals surface area contributed by atoms with Gasteiger partial charge in [0.1, 0.15) is 12.4 Å². The van der Waals surface area contributed by atoms with E-state index in [-0.39, 0.29) is 7.43 Å². The second-order valence-corrected chi connectivity index (χ2v) is 7.09. The van der Waals surface area contributed by atoms with E-state index in [1.54, 1.807) is 5.56 Å². The number of benzene rings is 1. The van der Waals surface area contributed by atoms with Gasteiger partial charge in [-0.2, -0.15) is 0 Å². The van der Waals surface area contributed by atoms with E-state index in [0.717, 1.165) is 70.5 Å². The van der Waals surface area contributed by atoms with Crippen molar-refractivity contribution in [3.63, 3.8) is 0 Å². The number of anilines is 1. The van der Waals surface area contributed by atoms with Crippen LogP contribution in [-0.4, -0.2) is 46.0 Å². The second kappa shape index (κ2) is 7.75. The van der Waals surface area contributed by atoms with Crippen molar-refractivity contribution >= 4 is 5.69 Å². The highest BCUT2D eigenvalue weighted by Gasteiger charge is 2.27. The molecule has 1 aromatic carbocycles. The molecule has 4 nitrogen and oxygen atoms in total. The van der Waals surface area contributed by atoms with Crippen molar-refractivity contribution in [2.24, 2.45) is 5.92 Å². The Balaban J connectivity index is 0.00000169. The molecule has 0 atom stereocenters. The van der Waals surface area contributed by atoms with Crippen molar-refractivity contribution < 1.29 is 9.47 Å². The van der Waals surface area contributed by atoms with Crippen LogP contribution in [0.4, 0.5) is 5.69 Å². The molecule has 0 saturated carbocycles. The summed E-state index contributed by atoms with van der Waals surface area (Å²) in [5, 5.41) is 3.52. The van der Waals surface area contributed by atoms with Crippen LogP contribution in [0.1, 0.15) is 37.0 Å². The van der Waals surface area contributed by atoms with Gasteiger partial charge in [-0.05, 0) is 74.4 Å². The topological polar surface area (TPSA) is 33.7 Å². The second-order valence-electron chi connectivity index (χ2n) is 7.09. The minimum Gasteiger partial charge on any atom is -0.490 e. The molecular weight excluding hydrogens is 300 g/mol. The van der Waals surface area contributed by atoms with Crippen molar-refractivity contribution in [1.82, 2.24) is 5.32 Å². The Hall–Kier alpha value is -1.26. The fourth-order valence-electron chi connectivity index (χ4n) is 4.32. The monoisotopic (exact) mass is 332 g/mol. The minimum atomic E-state index is 0. The summed E-state index contributed by atoms with van der Waals surface area (Å²) < 4.78 is 11.6. The number of hydrogen-bond acceptors (Lipinski definition) is 4. The molecule has 1 fully saturated rings. The first-order valence-corrected chi connectivity index (χ1v) is 9.14. The number of nitrogens with one attached hydrogen (secondary N) is 1. The standard InChI is InChI=1S/C19H28N2O2.CH4/c1-14-17-3-7-20-6-2-16(17)12-18-19(14)21(8-11-23-18)13-15-4-9-22-10-5-15;/h12,15,20H,2-11,13H2,1H3;1H4. The molecule has 1 aromatic rings. The van der Waals surface area contributed by atoms with E-state index in [1.807, 2.05) is 0 Å². The van der Waals surface area contributed by atoms with Crippen LogP contribution in [0.3, 0.4) is 0 Å². The van der Waals surface area contributed by atoms with Gasteiger partial charge in [-0.3, -0.25) is 0 Å². The lowest BCUT2D eigenvalue weighted by atomic mass is 9.93. The predicted molar refractivity (Wildman–Crippen MR) is 99.4 cm³/mol. The average molecular weight is 332 g/mol. The summed E-state index contributed by atoms with van der Waals surface area (Å²) in [7, 11) is 0. The van der Waals surface area contributed by atoms with E-state index in [0.29, 0.717) is 0 Å². The Morgan fingerprint density at radius 3 is 2.79 bits per heavy atom. The number of ether oxygens (including phenoxy) is 2. The Labute approximate surface area is 146 Å². The fraction of sp³-hybridized carbons (Fsp3) is 0.700. The lowest BCUT2D eigenvalue weighted by molar-refractivity contribution is 0.0678. The maximum absolute atomic E-state index is 6.04. The molecule has 3 heterocycles. The quantitative estimate of drug-likeness (QED) is 0.903. The van der Waals surface area contributed by atoms with Gasteiger partial charge in [0, 0.05) is 19.8 Å². The lowest BCUT2D eigenvalue weighted by Gasteiger charge is -2.37. The predicted octanol–water partition coefficient (Wildman–Crippen LogP) is 2.94. The lowest BCUT2D eigenvalue weighted by Crippen LogP contribution is -2.38. The van der Waals surface area contributed by atoms with Crippen molar-refractivity contribution in [3.05, 3.63) is 22.8 Å². The molecule has 0 spiro atoms. The highest BCUT2D eigenvalue weighted by atomic mass is 16.5. The first-order chi connectivity index (χ1) is 11.3. The molecule has 4 rings (SSSR count). The molecule has 0 amide bonds. The van der Waals surface area contributed by atoms with Crippen LogP contribution < -0.4 is 15.0 Å². The van der Waals surface area contributed by atoms with Gasteiger partial charge in [0.25, 0.3) is 0 Å². The van der Waals surface area contributed by atoms with Gasteiger partial charge in [0.2, 0.25) is 0 Å². The zero-order valence-corrected chi connectivity index (χ0v) is 14.2. The van der Waals surface area contributed by atoms with Gasteiger partial charge in [-0.15, -0.1) is 0 Å². The normalized spacial score (nSPS) is 21.1. The van der Waals surface area contributed by atoms with E-state index in [2.05, 4.69) is 23.2 Å². The van der Waals surface area contributed by atoms with Gasteiger partial charge in [-0.25, -0.2) is 0 Å². The molecule has 0 aromatic heterocycles. The van der Waals surface area contributed by atoms with Crippen molar-refractivity contribution in [2.75, 3.05) is 50.9 Å². The van der Waals surface area contributed by atoms with Crippen LogP contribution in [0, 0.1) is 12.8 Å². The summed E-state index contributed by atoms with van der Waals surface area (Å²) in [5.41, 5.74) is 5.85. The molecule has 0 unspecified atom stereocenters. The number of fused-ring (bicyclic) bond motifs is 2. The largest absolute Gasteiger partial charge is 0.490 e. The highest BCUT2D eigenvalue weighted by Crippen LogP contribution is 2.40. The summed E-state index contributed by atoms with van der Waals surface area (Å²) in [6.45, 7) is 9.30. The van der Waals surface area contributed by atoms with Crippen LogP contribution in [0.5, 0.6) is 5.75 Å². The minimum absolute atomic E-state index is 0. The third kappa shape index (κ3) is 3.40. The summed E-state index contributed by atoms with van der Waals surface area (Å²) in [5.74, 6) is 1.87. The van der Waals surface area contributed by atoms with Gasteiger partial charge in [0.05, 0.1) is 12.2 Å². The van der Waals surface area contributed by atoms with Gasteiger partial charge in [-0.1, -0.05) is 7.43 Å². The summed E-state index contributed by atoms with van der Waals surface area (Å²) in [6, 6.07) is 2.32. The number of nitrogens with zero attached hydrogens (tertiary/aromatic N) is 1. The molecule has 24 heavy (non-hydrogen) atoms. The van der Waals surface area contributed by atoms with E-state index in [9.17, 15) is 0 Å². The summed E-state index contributed by atoms with van der Waals surface area (Å²) >= 11 is 0. The van der Waals surface area contributed by atoms with E-state index in [4.69, 9.17) is 9.47 Å². The molecule has 1 N–H and O–H groups in total. The zero-order valence-electron chi connectivity index (χ0n) is 14.2. The van der Waals surface area contributed by atoms with Gasteiger partial charge >= 0.3 is 0 Å². The highest BCUT2D eigenvalue weighted by molar-refractivity contribution is 5.69. The van der Waals surface area contributed by atoms with E-state index >= 15 is 0 Å². The van der Waals surface area contributed by atoms with Crippen LogP contribution in [0.25, 0.3) is 0 Å². The Morgan fingerprint density at radius 1 is 1.17 bits per heavy atom. The molecule has 0 aliphatic carbocycles. The van der Waals surface area contributed by atoms with Crippen LogP contribution in [0.2, 0.25) is 0 Å². The van der Waals surface area contributed by atoms with Gasteiger partial charge < -0.3 is 19.7 Å². The van der Waals surface area contributed by atoms with E-state index in [1.165, 1.54) is 29.7 Å². The van der Waals surface area contributed by atoms with Crippen LogP contribution >= 0.6 is 0 Å². The van der Waals surface area contributed by atoms with Crippen molar-refractivity contribution in [3.8, 4) is 5.75 Å². The zero-order chi connectivity index (χ0) is 15.6. The molecule has 0 bridgehead atoms. The summed E-state index contributed by atoms with van der Waals surface area (Å²) in [4.78, 5) is 2.59. The molecule has 4 heteroatoms. The van der Waals surface area contributed by atoms with Gasteiger partial charge in [0.15, 0.2) is 0 Å². The maximum atomic E-state index is 6.04. The molecule has 0 radical (unpaired) electrons. The number of rotatable bonds is 2.